The number of aromatic nitrogens is 2. The van der Waals surface area contributed by atoms with Gasteiger partial charge in [-0.1, -0.05) is 13.8 Å². The molecule has 0 spiro atoms. The summed E-state index contributed by atoms with van der Waals surface area (Å²) in [7, 11) is 1.80. The zero-order valence-corrected chi connectivity index (χ0v) is 11.9. The van der Waals surface area contributed by atoms with Crippen LogP contribution in [0.5, 0.6) is 0 Å². The Morgan fingerprint density at radius 2 is 2.16 bits per heavy atom. The molecule has 0 atom stereocenters. The Hall–Kier alpha value is -1.56. The van der Waals surface area contributed by atoms with Gasteiger partial charge in [0.2, 0.25) is 0 Å². The summed E-state index contributed by atoms with van der Waals surface area (Å²) >= 11 is 0. The van der Waals surface area contributed by atoms with Crippen LogP contribution < -0.4 is 10.6 Å². The normalized spacial score (nSPS) is 11.4. The Labute approximate surface area is 114 Å². The number of aliphatic hydroxyl groups excluding tert-OH is 1. The maximum atomic E-state index is 11.8. The fourth-order valence-electron chi connectivity index (χ4n) is 2.09. The predicted octanol–water partition coefficient (Wildman–Crippen LogP) is 1.73. The number of carbonyl (C=O) groups excluding carboxylic acids is 1. The minimum Gasteiger partial charge on any atom is -0.396 e. The third-order valence-electron chi connectivity index (χ3n) is 3.72. The van der Waals surface area contributed by atoms with E-state index in [-0.39, 0.29) is 18.1 Å². The second kappa shape index (κ2) is 7.13. The van der Waals surface area contributed by atoms with Crippen LogP contribution in [0.2, 0.25) is 0 Å². The molecular formula is C13H24N4O2. The molecule has 0 saturated carbocycles. The third kappa shape index (κ3) is 4.55. The molecule has 0 aliphatic rings. The van der Waals surface area contributed by atoms with Crippen molar-refractivity contribution in [1.29, 1.82) is 0 Å². The molecule has 0 aliphatic heterocycles. The first-order chi connectivity index (χ1) is 9.05. The molecule has 0 saturated heterocycles. The number of hydrogen-bond acceptors (Lipinski definition) is 3. The van der Waals surface area contributed by atoms with E-state index in [1.54, 1.807) is 24.0 Å². The van der Waals surface area contributed by atoms with Crippen molar-refractivity contribution >= 4 is 11.8 Å². The average molecular weight is 268 g/mol. The molecule has 1 aromatic heterocycles. The molecule has 3 N–H and O–H groups in total. The zero-order chi connectivity index (χ0) is 14.3. The molecule has 0 aliphatic carbocycles. The van der Waals surface area contributed by atoms with E-state index in [9.17, 15) is 4.79 Å². The Kier molecular flexibility index (Phi) is 5.82. The molecule has 1 rings (SSSR count). The van der Waals surface area contributed by atoms with E-state index in [2.05, 4.69) is 29.6 Å². The lowest BCUT2D eigenvalue weighted by atomic mass is 9.79. The number of carbonyl (C=O) groups is 1. The van der Waals surface area contributed by atoms with Gasteiger partial charge in [-0.25, -0.2) is 4.79 Å². The lowest BCUT2D eigenvalue weighted by molar-refractivity contribution is 0.165. The third-order valence-corrected chi connectivity index (χ3v) is 3.72. The topological polar surface area (TPSA) is 79.2 Å². The number of amides is 2. The Morgan fingerprint density at radius 1 is 1.47 bits per heavy atom. The maximum absolute atomic E-state index is 11.8. The molecule has 6 nitrogen and oxygen atoms in total. The number of aliphatic hydroxyl groups is 1. The first-order valence-corrected chi connectivity index (χ1v) is 6.70. The number of nitrogens with zero attached hydrogens (tertiary/aromatic N) is 2. The van der Waals surface area contributed by atoms with Crippen LogP contribution >= 0.6 is 0 Å². The molecular weight excluding hydrogens is 244 g/mol. The summed E-state index contributed by atoms with van der Waals surface area (Å²) in [5.74, 6) is 0.528. The number of anilines is 1. The van der Waals surface area contributed by atoms with Gasteiger partial charge in [-0.15, -0.1) is 0 Å². The fraction of sp³-hybridized carbons (Fsp3) is 0.692. The number of rotatable bonds is 7. The first kappa shape index (κ1) is 15.5. The van der Waals surface area contributed by atoms with Crippen LogP contribution in [-0.4, -0.2) is 34.1 Å². The second-order valence-corrected chi connectivity index (χ2v) is 4.86. The van der Waals surface area contributed by atoms with Gasteiger partial charge in [0.15, 0.2) is 5.82 Å². The van der Waals surface area contributed by atoms with Gasteiger partial charge in [-0.2, -0.15) is 5.10 Å². The number of hydrogen-bond donors (Lipinski definition) is 3. The van der Waals surface area contributed by atoms with E-state index in [1.165, 1.54) is 0 Å². The summed E-state index contributed by atoms with van der Waals surface area (Å²) in [4.78, 5) is 11.8. The molecule has 6 heteroatoms. The van der Waals surface area contributed by atoms with Gasteiger partial charge in [0.25, 0.3) is 0 Å². The van der Waals surface area contributed by atoms with Crippen molar-refractivity contribution in [2.75, 3.05) is 18.5 Å². The van der Waals surface area contributed by atoms with Crippen LogP contribution in [0.4, 0.5) is 10.6 Å². The van der Waals surface area contributed by atoms with Crippen molar-refractivity contribution in [1.82, 2.24) is 15.1 Å². The van der Waals surface area contributed by atoms with Crippen LogP contribution in [-0.2, 0) is 7.05 Å². The molecule has 0 radical (unpaired) electrons. The molecule has 0 unspecified atom stereocenters. The molecule has 0 fully saturated rings. The number of urea groups is 1. The molecule has 0 bridgehead atoms. The quantitative estimate of drug-likeness (QED) is 0.704. The molecule has 1 aromatic rings. The SMILES string of the molecule is CCC(CC)(CCO)CNC(=O)Nc1ccn(C)n1. The van der Waals surface area contributed by atoms with Crippen molar-refractivity contribution in [2.45, 2.75) is 33.1 Å². The summed E-state index contributed by atoms with van der Waals surface area (Å²) in [5.41, 5.74) is -0.0315. The Morgan fingerprint density at radius 3 is 2.63 bits per heavy atom. The van der Waals surface area contributed by atoms with Crippen molar-refractivity contribution in [3.8, 4) is 0 Å². The van der Waals surface area contributed by atoms with Crippen molar-refractivity contribution in [3.05, 3.63) is 12.3 Å². The highest BCUT2D eigenvalue weighted by Gasteiger charge is 2.26. The van der Waals surface area contributed by atoms with Crippen molar-refractivity contribution < 1.29 is 9.90 Å². The highest BCUT2D eigenvalue weighted by molar-refractivity contribution is 5.88. The van der Waals surface area contributed by atoms with Gasteiger partial charge in [0, 0.05) is 32.5 Å². The van der Waals surface area contributed by atoms with Crippen LogP contribution in [0.15, 0.2) is 12.3 Å². The van der Waals surface area contributed by atoms with Crippen molar-refractivity contribution in [2.24, 2.45) is 12.5 Å². The van der Waals surface area contributed by atoms with Crippen LogP contribution in [0.1, 0.15) is 33.1 Å². The van der Waals surface area contributed by atoms with E-state index >= 15 is 0 Å². The minimum absolute atomic E-state index is 0.0315. The van der Waals surface area contributed by atoms with Gasteiger partial charge in [0.05, 0.1) is 0 Å². The standard InChI is InChI=1S/C13H24N4O2/c1-4-13(5-2,7-9-18)10-14-12(19)15-11-6-8-17(3)16-11/h6,8,18H,4-5,7,9-10H2,1-3H3,(H2,14,15,16,19). The average Bonchev–Trinajstić information content (AvgIpc) is 2.80. The van der Waals surface area contributed by atoms with E-state index in [1.807, 2.05) is 0 Å². The summed E-state index contributed by atoms with van der Waals surface area (Å²) < 4.78 is 1.63. The Balaban J connectivity index is 2.47. The molecule has 19 heavy (non-hydrogen) atoms. The highest BCUT2D eigenvalue weighted by Crippen LogP contribution is 2.29. The van der Waals surface area contributed by atoms with E-state index in [0.29, 0.717) is 18.8 Å². The highest BCUT2D eigenvalue weighted by atomic mass is 16.3. The molecule has 0 aromatic carbocycles. The Bertz CT molecular complexity index is 399. The van der Waals surface area contributed by atoms with E-state index < -0.39 is 0 Å². The first-order valence-electron chi connectivity index (χ1n) is 6.70. The number of aryl methyl sites for hydroxylation is 1. The molecule has 1 heterocycles. The van der Waals surface area contributed by atoms with E-state index in [0.717, 1.165) is 12.8 Å². The fourth-order valence-corrected chi connectivity index (χ4v) is 2.09. The summed E-state index contributed by atoms with van der Waals surface area (Å²) in [6.07, 6.45) is 4.31. The summed E-state index contributed by atoms with van der Waals surface area (Å²) in [6.45, 7) is 4.86. The smallest absolute Gasteiger partial charge is 0.320 e. The number of nitrogens with one attached hydrogen (secondary N) is 2. The predicted molar refractivity (Wildman–Crippen MR) is 74.9 cm³/mol. The monoisotopic (exact) mass is 268 g/mol. The van der Waals surface area contributed by atoms with Crippen molar-refractivity contribution in [3.63, 3.8) is 0 Å². The van der Waals surface area contributed by atoms with Crippen LogP contribution in [0.25, 0.3) is 0 Å². The van der Waals surface area contributed by atoms with Gasteiger partial charge in [-0.3, -0.25) is 10.00 Å². The van der Waals surface area contributed by atoms with Crippen LogP contribution in [0, 0.1) is 5.41 Å². The second-order valence-electron chi connectivity index (χ2n) is 4.86. The van der Waals surface area contributed by atoms with Crippen LogP contribution in [0.3, 0.4) is 0 Å². The summed E-state index contributed by atoms with van der Waals surface area (Å²) in [5, 5.41) is 18.7. The summed E-state index contributed by atoms with van der Waals surface area (Å²) in [6, 6.07) is 1.48. The van der Waals surface area contributed by atoms with Gasteiger partial charge in [0.1, 0.15) is 0 Å². The lowest BCUT2D eigenvalue weighted by Gasteiger charge is -2.31. The molecule has 2 amide bonds. The largest absolute Gasteiger partial charge is 0.396 e. The maximum Gasteiger partial charge on any atom is 0.320 e. The van der Waals surface area contributed by atoms with Gasteiger partial charge in [-0.05, 0) is 24.7 Å². The van der Waals surface area contributed by atoms with E-state index in [4.69, 9.17) is 5.11 Å². The zero-order valence-electron chi connectivity index (χ0n) is 11.9. The minimum atomic E-state index is -0.261. The van der Waals surface area contributed by atoms with Gasteiger partial charge >= 0.3 is 6.03 Å². The molecule has 108 valence electrons. The lowest BCUT2D eigenvalue weighted by Crippen LogP contribution is -2.39. The van der Waals surface area contributed by atoms with Gasteiger partial charge < -0.3 is 10.4 Å².